The summed E-state index contributed by atoms with van der Waals surface area (Å²) in [5.74, 6) is 0.876. The second kappa shape index (κ2) is 7.66. The average Bonchev–Trinajstić information content (AvgIpc) is 3.18. The fourth-order valence-corrected chi connectivity index (χ4v) is 3.82. The number of nitrogens with zero attached hydrogens (tertiary/aromatic N) is 3. The van der Waals surface area contributed by atoms with Crippen LogP contribution in [0.3, 0.4) is 0 Å². The Labute approximate surface area is 156 Å². The minimum absolute atomic E-state index is 0.117. The standard InChI is InChI=1S/C20H20N4OS/c25-19(16-9-5-2-6-10-16)24-13-11-17(12-14-24)21-20-22-18(23-26-20)15-7-3-1-4-8-15/h1-10,17H,11-14H2,(H,21,22,23). The van der Waals surface area contributed by atoms with E-state index in [2.05, 4.69) is 14.7 Å². The van der Waals surface area contributed by atoms with Crippen molar-refractivity contribution < 1.29 is 4.79 Å². The summed E-state index contributed by atoms with van der Waals surface area (Å²) < 4.78 is 4.44. The first-order valence-electron chi connectivity index (χ1n) is 8.79. The first-order valence-corrected chi connectivity index (χ1v) is 9.57. The molecule has 0 saturated carbocycles. The summed E-state index contributed by atoms with van der Waals surface area (Å²) in [6, 6.07) is 19.8. The van der Waals surface area contributed by atoms with E-state index in [1.54, 1.807) is 0 Å². The van der Waals surface area contributed by atoms with E-state index in [9.17, 15) is 4.79 Å². The number of hydrogen-bond donors (Lipinski definition) is 1. The van der Waals surface area contributed by atoms with E-state index in [4.69, 9.17) is 0 Å². The van der Waals surface area contributed by atoms with Crippen LogP contribution in [0.25, 0.3) is 11.4 Å². The van der Waals surface area contributed by atoms with Crippen LogP contribution in [0.2, 0.25) is 0 Å². The zero-order valence-corrected chi connectivity index (χ0v) is 15.2. The lowest BCUT2D eigenvalue weighted by atomic mass is 10.0. The SMILES string of the molecule is O=C(c1ccccc1)N1CCC(Nc2nc(-c3ccccc3)ns2)CC1. The van der Waals surface area contributed by atoms with Crippen LogP contribution in [-0.2, 0) is 0 Å². The highest BCUT2D eigenvalue weighted by atomic mass is 32.1. The molecule has 0 radical (unpaired) electrons. The highest BCUT2D eigenvalue weighted by Gasteiger charge is 2.24. The molecule has 1 aliphatic heterocycles. The third-order valence-electron chi connectivity index (χ3n) is 4.59. The molecule has 2 aromatic carbocycles. The maximum atomic E-state index is 12.5. The van der Waals surface area contributed by atoms with Gasteiger partial charge in [0.15, 0.2) is 5.82 Å². The molecule has 1 saturated heterocycles. The molecule has 6 heteroatoms. The molecular formula is C20H20N4OS. The Morgan fingerprint density at radius 3 is 2.35 bits per heavy atom. The molecule has 2 heterocycles. The molecule has 5 nitrogen and oxygen atoms in total. The molecule has 26 heavy (non-hydrogen) atoms. The van der Waals surface area contributed by atoms with Crippen molar-refractivity contribution in [1.29, 1.82) is 0 Å². The van der Waals surface area contributed by atoms with E-state index in [0.29, 0.717) is 6.04 Å². The molecule has 1 aliphatic rings. The van der Waals surface area contributed by atoms with Crippen molar-refractivity contribution in [3.63, 3.8) is 0 Å². The van der Waals surface area contributed by atoms with Gasteiger partial charge in [0.25, 0.3) is 5.91 Å². The van der Waals surface area contributed by atoms with Crippen LogP contribution in [0.5, 0.6) is 0 Å². The van der Waals surface area contributed by atoms with Crippen molar-refractivity contribution in [1.82, 2.24) is 14.3 Å². The molecule has 0 bridgehead atoms. The number of amides is 1. The van der Waals surface area contributed by atoms with Gasteiger partial charge in [-0.05, 0) is 25.0 Å². The molecule has 0 unspecified atom stereocenters. The summed E-state index contributed by atoms with van der Waals surface area (Å²) in [6.07, 6.45) is 1.83. The highest BCUT2D eigenvalue weighted by Crippen LogP contribution is 2.23. The molecule has 0 aliphatic carbocycles. The van der Waals surface area contributed by atoms with E-state index in [1.807, 2.05) is 65.6 Å². The van der Waals surface area contributed by atoms with Crippen LogP contribution in [0, 0.1) is 0 Å². The molecular weight excluding hydrogens is 344 g/mol. The molecule has 132 valence electrons. The van der Waals surface area contributed by atoms with Crippen molar-refractivity contribution in [3.05, 3.63) is 66.2 Å². The molecule has 4 rings (SSSR count). The van der Waals surface area contributed by atoms with Crippen LogP contribution < -0.4 is 5.32 Å². The van der Waals surface area contributed by atoms with Gasteiger partial charge in [0.1, 0.15) is 0 Å². The minimum atomic E-state index is 0.117. The van der Waals surface area contributed by atoms with E-state index in [-0.39, 0.29) is 5.91 Å². The van der Waals surface area contributed by atoms with Crippen LogP contribution in [0.4, 0.5) is 5.13 Å². The average molecular weight is 364 g/mol. The van der Waals surface area contributed by atoms with Crippen molar-refractivity contribution >= 4 is 22.6 Å². The molecule has 1 aromatic heterocycles. The number of piperidine rings is 1. The van der Waals surface area contributed by atoms with Gasteiger partial charge in [-0.3, -0.25) is 4.79 Å². The third-order valence-corrected chi connectivity index (χ3v) is 5.23. The van der Waals surface area contributed by atoms with Gasteiger partial charge in [-0.1, -0.05) is 48.5 Å². The number of benzene rings is 2. The quantitative estimate of drug-likeness (QED) is 0.762. The third kappa shape index (κ3) is 3.75. The maximum Gasteiger partial charge on any atom is 0.253 e. The summed E-state index contributed by atoms with van der Waals surface area (Å²) in [5, 5.41) is 4.32. The summed E-state index contributed by atoms with van der Waals surface area (Å²) in [4.78, 5) is 19.0. The lowest BCUT2D eigenvalue weighted by molar-refractivity contribution is 0.0718. The van der Waals surface area contributed by atoms with Crippen molar-refractivity contribution in [2.45, 2.75) is 18.9 Å². The van der Waals surface area contributed by atoms with Gasteiger partial charge in [-0.15, -0.1) is 0 Å². The molecule has 1 amide bonds. The molecule has 1 fully saturated rings. The van der Waals surface area contributed by atoms with Crippen LogP contribution in [0.15, 0.2) is 60.7 Å². The predicted octanol–water partition coefficient (Wildman–Crippen LogP) is 3.92. The summed E-state index contributed by atoms with van der Waals surface area (Å²) in [6.45, 7) is 1.52. The Bertz CT molecular complexity index is 858. The lowest BCUT2D eigenvalue weighted by Gasteiger charge is -2.32. The first-order chi connectivity index (χ1) is 12.8. The Hall–Kier alpha value is -2.73. The largest absolute Gasteiger partial charge is 0.357 e. The fourth-order valence-electron chi connectivity index (χ4n) is 3.15. The van der Waals surface area contributed by atoms with Crippen molar-refractivity contribution in [2.75, 3.05) is 18.4 Å². The molecule has 3 aromatic rings. The van der Waals surface area contributed by atoms with Gasteiger partial charge in [-0.25, -0.2) is 0 Å². The zero-order chi connectivity index (χ0) is 17.8. The number of likely N-dealkylation sites (tertiary alicyclic amines) is 1. The molecule has 0 spiro atoms. The Morgan fingerprint density at radius 1 is 1.00 bits per heavy atom. The van der Waals surface area contributed by atoms with Gasteiger partial charge in [0.05, 0.1) is 0 Å². The number of carbonyl (C=O) groups is 1. The normalized spacial score (nSPS) is 15.0. The second-order valence-electron chi connectivity index (χ2n) is 6.37. The summed E-state index contributed by atoms with van der Waals surface area (Å²) in [7, 11) is 0. The van der Waals surface area contributed by atoms with Crippen LogP contribution >= 0.6 is 11.5 Å². The topological polar surface area (TPSA) is 58.1 Å². The van der Waals surface area contributed by atoms with Gasteiger partial charge in [-0.2, -0.15) is 9.36 Å². The van der Waals surface area contributed by atoms with Gasteiger partial charge >= 0.3 is 0 Å². The lowest BCUT2D eigenvalue weighted by Crippen LogP contribution is -2.42. The Balaban J connectivity index is 1.33. The van der Waals surface area contributed by atoms with Crippen molar-refractivity contribution in [3.8, 4) is 11.4 Å². The van der Waals surface area contributed by atoms with Crippen LogP contribution in [-0.4, -0.2) is 39.3 Å². The Morgan fingerprint density at radius 2 is 1.65 bits per heavy atom. The summed E-state index contributed by atoms with van der Waals surface area (Å²) in [5.41, 5.74) is 1.79. The van der Waals surface area contributed by atoms with Gasteiger partial charge < -0.3 is 10.2 Å². The number of nitrogens with one attached hydrogen (secondary N) is 1. The van der Waals surface area contributed by atoms with Gasteiger partial charge in [0, 0.05) is 41.8 Å². The number of aromatic nitrogens is 2. The zero-order valence-electron chi connectivity index (χ0n) is 14.3. The first kappa shape index (κ1) is 16.7. The monoisotopic (exact) mass is 364 g/mol. The highest BCUT2D eigenvalue weighted by molar-refractivity contribution is 7.09. The second-order valence-corrected chi connectivity index (χ2v) is 7.12. The molecule has 0 atom stereocenters. The minimum Gasteiger partial charge on any atom is -0.357 e. The summed E-state index contributed by atoms with van der Waals surface area (Å²) >= 11 is 1.39. The van der Waals surface area contributed by atoms with E-state index >= 15 is 0 Å². The van der Waals surface area contributed by atoms with Crippen molar-refractivity contribution in [2.24, 2.45) is 0 Å². The van der Waals surface area contributed by atoms with Crippen LogP contribution in [0.1, 0.15) is 23.2 Å². The van der Waals surface area contributed by atoms with E-state index < -0.39 is 0 Å². The fraction of sp³-hybridized carbons (Fsp3) is 0.250. The number of anilines is 1. The van der Waals surface area contributed by atoms with E-state index in [0.717, 1.165) is 48.0 Å². The predicted molar refractivity (Wildman–Crippen MR) is 104 cm³/mol. The number of carbonyl (C=O) groups excluding carboxylic acids is 1. The maximum absolute atomic E-state index is 12.5. The van der Waals surface area contributed by atoms with E-state index in [1.165, 1.54) is 11.5 Å². The number of hydrogen-bond acceptors (Lipinski definition) is 5. The van der Waals surface area contributed by atoms with Gasteiger partial charge in [0.2, 0.25) is 5.13 Å². The molecule has 1 N–H and O–H groups in total. The Kier molecular flexibility index (Phi) is 4.93. The number of rotatable bonds is 4. The smallest absolute Gasteiger partial charge is 0.253 e.